The third-order valence-corrected chi connectivity index (χ3v) is 5.23. The molecule has 2 aromatic heterocycles. The van der Waals surface area contributed by atoms with Crippen LogP contribution in [0.3, 0.4) is 0 Å². The van der Waals surface area contributed by atoms with Gasteiger partial charge in [0, 0.05) is 33.0 Å². The summed E-state index contributed by atoms with van der Waals surface area (Å²) in [6, 6.07) is 4.39. The highest BCUT2D eigenvalue weighted by Gasteiger charge is 2.27. The van der Waals surface area contributed by atoms with Gasteiger partial charge in [0.2, 0.25) is 0 Å². The Morgan fingerprint density at radius 3 is 3.00 bits per heavy atom. The van der Waals surface area contributed by atoms with Crippen molar-refractivity contribution < 1.29 is 4.79 Å². The molecule has 0 bridgehead atoms. The number of hydrogen-bond acceptors (Lipinski definition) is 5. The van der Waals surface area contributed by atoms with Crippen LogP contribution in [0.2, 0.25) is 0 Å². The second-order valence-electron chi connectivity index (χ2n) is 6.11. The van der Waals surface area contributed by atoms with Crippen molar-refractivity contribution in [3.8, 4) is 0 Å². The quantitative estimate of drug-likeness (QED) is 0.865. The van der Waals surface area contributed by atoms with Crippen molar-refractivity contribution in [3.63, 3.8) is 0 Å². The molecule has 1 fully saturated rings. The molecule has 5 nitrogen and oxygen atoms in total. The van der Waals surface area contributed by atoms with Gasteiger partial charge in [0.25, 0.3) is 5.91 Å². The molecule has 1 aliphatic heterocycles. The van der Waals surface area contributed by atoms with Gasteiger partial charge in [-0.15, -0.1) is 11.3 Å². The third-order valence-electron chi connectivity index (χ3n) is 4.15. The van der Waals surface area contributed by atoms with E-state index in [9.17, 15) is 4.79 Å². The fourth-order valence-corrected chi connectivity index (χ4v) is 4.06. The topological polar surface area (TPSA) is 49.3 Å². The molecule has 0 N–H and O–H groups in total. The van der Waals surface area contributed by atoms with E-state index < -0.39 is 0 Å². The number of nitrogens with zero attached hydrogens (tertiary/aromatic N) is 4. The lowest BCUT2D eigenvalue weighted by atomic mass is 10.0. The molecule has 3 rings (SSSR count). The predicted molar refractivity (Wildman–Crippen MR) is 91.4 cm³/mol. The lowest BCUT2D eigenvalue weighted by molar-refractivity contribution is 0.0832. The molecule has 0 aromatic carbocycles. The summed E-state index contributed by atoms with van der Waals surface area (Å²) in [5.74, 6) is 0.0309. The molecule has 0 aliphatic carbocycles. The van der Waals surface area contributed by atoms with E-state index >= 15 is 0 Å². The Hall–Kier alpha value is -1.79. The van der Waals surface area contributed by atoms with Crippen molar-refractivity contribution >= 4 is 17.2 Å². The van der Waals surface area contributed by atoms with E-state index in [-0.39, 0.29) is 5.91 Å². The van der Waals surface area contributed by atoms with Gasteiger partial charge in [0.15, 0.2) is 0 Å². The van der Waals surface area contributed by atoms with Gasteiger partial charge < -0.3 is 4.90 Å². The molecule has 0 spiro atoms. The van der Waals surface area contributed by atoms with Gasteiger partial charge in [-0.2, -0.15) is 0 Å². The molecule has 0 saturated carbocycles. The number of aromatic nitrogens is 2. The molecule has 3 heterocycles. The largest absolute Gasteiger partial charge is 0.344 e. The Morgan fingerprint density at radius 2 is 2.26 bits per heavy atom. The maximum absolute atomic E-state index is 12.1. The van der Waals surface area contributed by atoms with E-state index in [0.717, 1.165) is 29.4 Å². The molecule has 2 aromatic rings. The summed E-state index contributed by atoms with van der Waals surface area (Å²) in [4.78, 5) is 25.6. The summed E-state index contributed by atoms with van der Waals surface area (Å²) in [6.45, 7) is 1.95. The highest BCUT2D eigenvalue weighted by atomic mass is 32.1. The summed E-state index contributed by atoms with van der Waals surface area (Å²) in [6.07, 6.45) is 8.98. The minimum absolute atomic E-state index is 0.0309. The average molecular weight is 330 g/mol. The fourth-order valence-electron chi connectivity index (χ4n) is 2.95. The Balaban J connectivity index is 1.77. The number of piperidine rings is 1. The molecule has 0 radical (unpaired) electrons. The molecule has 122 valence electrons. The first-order valence-electron chi connectivity index (χ1n) is 7.95. The maximum atomic E-state index is 12.1. The molecule has 1 amide bonds. The predicted octanol–water partition coefficient (Wildman–Crippen LogP) is 2.97. The van der Waals surface area contributed by atoms with Gasteiger partial charge >= 0.3 is 0 Å². The lowest BCUT2D eigenvalue weighted by Gasteiger charge is -2.34. The number of likely N-dealkylation sites (tertiary alicyclic amines) is 1. The van der Waals surface area contributed by atoms with Crippen molar-refractivity contribution in [2.24, 2.45) is 0 Å². The summed E-state index contributed by atoms with van der Waals surface area (Å²) in [5.41, 5.74) is 1.22. The van der Waals surface area contributed by atoms with Crippen LogP contribution < -0.4 is 0 Å². The van der Waals surface area contributed by atoms with Gasteiger partial charge in [-0.05, 0) is 31.0 Å². The highest BCUT2D eigenvalue weighted by molar-refractivity contribution is 7.13. The maximum Gasteiger partial charge on any atom is 0.265 e. The van der Waals surface area contributed by atoms with Crippen molar-refractivity contribution in [1.82, 2.24) is 19.8 Å². The molecular formula is C17H22N4OS. The van der Waals surface area contributed by atoms with E-state index in [2.05, 4.69) is 20.9 Å². The van der Waals surface area contributed by atoms with Gasteiger partial charge in [0.05, 0.1) is 12.2 Å². The minimum atomic E-state index is 0.0309. The fraction of sp³-hybridized carbons (Fsp3) is 0.471. The van der Waals surface area contributed by atoms with Gasteiger partial charge in [-0.1, -0.05) is 12.5 Å². The van der Waals surface area contributed by atoms with Gasteiger partial charge in [-0.25, -0.2) is 4.98 Å². The number of amides is 1. The van der Waals surface area contributed by atoms with E-state index in [1.807, 2.05) is 12.3 Å². The monoisotopic (exact) mass is 330 g/mol. The van der Waals surface area contributed by atoms with E-state index in [0.29, 0.717) is 6.04 Å². The van der Waals surface area contributed by atoms with Crippen LogP contribution in [0.5, 0.6) is 0 Å². The highest BCUT2D eigenvalue weighted by Crippen LogP contribution is 2.34. The normalized spacial score (nSPS) is 18.8. The second kappa shape index (κ2) is 7.19. The average Bonchev–Trinajstić information content (AvgIpc) is 3.05. The van der Waals surface area contributed by atoms with Crippen molar-refractivity contribution in [2.45, 2.75) is 31.8 Å². The van der Waals surface area contributed by atoms with Crippen LogP contribution in [0.25, 0.3) is 0 Å². The van der Waals surface area contributed by atoms with Crippen LogP contribution in [0.15, 0.2) is 30.7 Å². The summed E-state index contributed by atoms with van der Waals surface area (Å²) in [7, 11) is 3.55. The zero-order chi connectivity index (χ0) is 16.2. The molecule has 1 saturated heterocycles. The third kappa shape index (κ3) is 3.76. The number of rotatable bonds is 4. The number of carbonyl (C=O) groups is 1. The van der Waals surface area contributed by atoms with Crippen LogP contribution in [0.1, 0.15) is 45.5 Å². The number of carbonyl (C=O) groups excluding carboxylic acids is 1. The number of thiazole rings is 1. The van der Waals surface area contributed by atoms with E-state index in [4.69, 9.17) is 0 Å². The Morgan fingerprint density at radius 1 is 1.39 bits per heavy atom. The van der Waals surface area contributed by atoms with E-state index in [1.165, 1.54) is 29.7 Å². The molecule has 1 atom stereocenters. The van der Waals surface area contributed by atoms with Crippen molar-refractivity contribution in [1.29, 1.82) is 0 Å². The minimum Gasteiger partial charge on any atom is -0.344 e. The first-order valence-corrected chi connectivity index (χ1v) is 8.77. The summed E-state index contributed by atoms with van der Waals surface area (Å²) < 4.78 is 0. The Labute approximate surface area is 141 Å². The van der Waals surface area contributed by atoms with E-state index in [1.54, 1.807) is 31.4 Å². The standard InChI is InChI=1S/C17H22N4OS/c1-20(2)17(22)15-11-19-16(23-15)14-7-3-4-9-21(14)12-13-6-5-8-18-10-13/h5-6,8,10-11,14H,3-4,7,9,12H2,1-2H3. The molecular weight excluding hydrogens is 308 g/mol. The summed E-state index contributed by atoms with van der Waals surface area (Å²) >= 11 is 1.53. The van der Waals surface area contributed by atoms with Crippen LogP contribution >= 0.6 is 11.3 Å². The van der Waals surface area contributed by atoms with Gasteiger partial charge in [0.1, 0.15) is 9.88 Å². The van der Waals surface area contributed by atoms with Crippen LogP contribution in [0, 0.1) is 0 Å². The second-order valence-corrected chi connectivity index (χ2v) is 7.17. The van der Waals surface area contributed by atoms with Crippen LogP contribution in [-0.4, -0.2) is 46.3 Å². The SMILES string of the molecule is CN(C)C(=O)c1cnc(C2CCCCN2Cc2cccnc2)s1. The smallest absolute Gasteiger partial charge is 0.265 e. The number of pyridine rings is 1. The Kier molecular flexibility index (Phi) is 5.03. The molecule has 1 unspecified atom stereocenters. The van der Waals surface area contributed by atoms with Crippen LogP contribution in [0.4, 0.5) is 0 Å². The molecule has 23 heavy (non-hydrogen) atoms. The molecule has 1 aliphatic rings. The zero-order valence-electron chi connectivity index (χ0n) is 13.6. The van der Waals surface area contributed by atoms with Crippen molar-refractivity contribution in [3.05, 3.63) is 46.2 Å². The summed E-state index contributed by atoms with van der Waals surface area (Å²) in [5, 5.41) is 1.05. The van der Waals surface area contributed by atoms with Gasteiger partial charge in [-0.3, -0.25) is 14.7 Å². The van der Waals surface area contributed by atoms with Crippen LogP contribution in [-0.2, 0) is 6.54 Å². The first kappa shape index (κ1) is 16.1. The first-order chi connectivity index (χ1) is 11.1. The number of hydrogen-bond donors (Lipinski definition) is 0. The zero-order valence-corrected chi connectivity index (χ0v) is 14.4. The lowest BCUT2D eigenvalue weighted by Crippen LogP contribution is -2.32. The van der Waals surface area contributed by atoms with Crippen molar-refractivity contribution in [2.75, 3.05) is 20.6 Å². The molecule has 6 heteroatoms. The Bertz CT molecular complexity index is 656.